The summed E-state index contributed by atoms with van der Waals surface area (Å²) in [5.74, 6) is 0.198. The number of hydrogen-bond acceptors (Lipinski definition) is 4. The Hall–Kier alpha value is -1.92. The topological polar surface area (TPSA) is 72.8 Å². The van der Waals surface area contributed by atoms with Crippen molar-refractivity contribution in [3.63, 3.8) is 0 Å². The van der Waals surface area contributed by atoms with E-state index in [4.69, 9.17) is 16.3 Å². The summed E-state index contributed by atoms with van der Waals surface area (Å²) in [6.07, 6.45) is 3.70. The van der Waals surface area contributed by atoms with E-state index in [9.17, 15) is 13.2 Å². The number of allylic oxidation sites excluding steroid dienone is 4. The molecule has 0 N–H and O–H groups in total. The highest BCUT2D eigenvalue weighted by molar-refractivity contribution is 7.90. The summed E-state index contributed by atoms with van der Waals surface area (Å²) in [7, 11) is -3.87. The Balaban J connectivity index is 2.30. The van der Waals surface area contributed by atoms with Crippen LogP contribution in [0.5, 0.6) is 5.75 Å². The number of ketones is 1. The van der Waals surface area contributed by atoms with Crippen LogP contribution >= 0.6 is 11.6 Å². The largest absolute Gasteiger partial charge is 0.494 e. The highest BCUT2D eigenvalue weighted by Gasteiger charge is 2.16. The molecular formula is C14H12ClNO4S. The fourth-order valence-electron chi connectivity index (χ4n) is 1.61. The molecule has 0 saturated carbocycles. The first kappa shape index (κ1) is 15.5. The second-order valence-corrected chi connectivity index (χ2v) is 6.10. The van der Waals surface area contributed by atoms with Crippen LogP contribution in [0.25, 0.3) is 0 Å². The van der Waals surface area contributed by atoms with Crippen molar-refractivity contribution >= 4 is 33.1 Å². The van der Waals surface area contributed by atoms with Crippen molar-refractivity contribution in [3.05, 3.63) is 47.5 Å². The van der Waals surface area contributed by atoms with E-state index >= 15 is 0 Å². The third-order valence-corrected chi connectivity index (χ3v) is 4.19. The minimum Gasteiger partial charge on any atom is -0.494 e. The molecule has 7 heteroatoms. The van der Waals surface area contributed by atoms with E-state index in [0.29, 0.717) is 12.4 Å². The third kappa shape index (κ3) is 3.80. The first-order valence-electron chi connectivity index (χ1n) is 6.10. The zero-order chi connectivity index (χ0) is 15.5. The van der Waals surface area contributed by atoms with Gasteiger partial charge in [-0.3, -0.25) is 4.79 Å². The molecule has 0 spiro atoms. The van der Waals surface area contributed by atoms with Gasteiger partial charge in [-0.2, -0.15) is 12.8 Å². The number of carbonyl (C=O) groups excluding carboxylic acids is 1. The lowest BCUT2D eigenvalue weighted by Crippen LogP contribution is -2.07. The van der Waals surface area contributed by atoms with E-state index in [1.54, 1.807) is 12.1 Å². The maximum absolute atomic E-state index is 12.1. The molecule has 0 fully saturated rings. The number of nitrogens with zero attached hydrogens (tertiary/aromatic N) is 1. The maximum atomic E-state index is 12.1. The predicted octanol–water partition coefficient (Wildman–Crippen LogP) is 2.48. The molecule has 0 atom stereocenters. The molecule has 110 valence electrons. The number of rotatable bonds is 4. The molecular weight excluding hydrogens is 314 g/mol. The maximum Gasteiger partial charge on any atom is 0.282 e. The van der Waals surface area contributed by atoms with E-state index in [1.807, 2.05) is 6.92 Å². The molecule has 5 nitrogen and oxygen atoms in total. The molecule has 0 aliphatic heterocycles. The van der Waals surface area contributed by atoms with E-state index in [1.165, 1.54) is 30.4 Å². The Bertz CT molecular complexity index is 746. The van der Waals surface area contributed by atoms with Gasteiger partial charge in [0.1, 0.15) is 5.75 Å². The van der Waals surface area contributed by atoms with Gasteiger partial charge in [-0.15, -0.1) is 0 Å². The first-order valence-corrected chi connectivity index (χ1v) is 7.91. The van der Waals surface area contributed by atoms with Gasteiger partial charge in [-0.25, -0.2) is 0 Å². The van der Waals surface area contributed by atoms with Crippen molar-refractivity contribution in [1.82, 2.24) is 0 Å². The van der Waals surface area contributed by atoms with E-state index < -0.39 is 10.0 Å². The summed E-state index contributed by atoms with van der Waals surface area (Å²) in [5.41, 5.74) is 0.105. The predicted molar refractivity (Wildman–Crippen MR) is 80.3 cm³/mol. The van der Waals surface area contributed by atoms with Gasteiger partial charge < -0.3 is 4.74 Å². The molecule has 0 radical (unpaired) electrons. The van der Waals surface area contributed by atoms with Crippen LogP contribution in [0.2, 0.25) is 0 Å². The lowest BCUT2D eigenvalue weighted by atomic mass is 10.2. The van der Waals surface area contributed by atoms with Crippen molar-refractivity contribution in [2.24, 2.45) is 4.40 Å². The van der Waals surface area contributed by atoms with Gasteiger partial charge in [-0.1, -0.05) is 11.6 Å². The molecule has 0 bridgehead atoms. The third-order valence-electron chi connectivity index (χ3n) is 2.57. The van der Waals surface area contributed by atoms with Crippen molar-refractivity contribution in [2.45, 2.75) is 11.8 Å². The minimum atomic E-state index is -3.87. The SMILES string of the molecule is CCOc1ccc(S(=O)(=O)/N=C2\C=CC(=O)C(Cl)=C2)cc1. The second-order valence-electron chi connectivity index (χ2n) is 4.09. The van der Waals surface area contributed by atoms with Crippen LogP contribution in [0.3, 0.4) is 0 Å². The molecule has 21 heavy (non-hydrogen) atoms. The van der Waals surface area contributed by atoms with Crippen LogP contribution in [0.15, 0.2) is 56.8 Å². The summed E-state index contributed by atoms with van der Waals surface area (Å²) in [4.78, 5) is 11.2. The van der Waals surface area contributed by atoms with Gasteiger partial charge >= 0.3 is 0 Å². The average molecular weight is 326 g/mol. The Morgan fingerprint density at radius 1 is 1.19 bits per heavy atom. The molecule has 0 unspecified atom stereocenters. The van der Waals surface area contributed by atoms with Crippen LogP contribution in [-0.4, -0.2) is 26.5 Å². The highest BCUT2D eigenvalue weighted by atomic mass is 35.5. The van der Waals surface area contributed by atoms with E-state index in [0.717, 1.165) is 0 Å². The van der Waals surface area contributed by atoms with Crippen molar-refractivity contribution in [2.75, 3.05) is 6.61 Å². The standard InChI is InChI=1S/C14H12ClNO4S/c1-2-20-11-4-6-12(7-5-11)21(18,19)16-10-3-8-14(17)13(15)9-10/h3-9H,2H2,1H3/b16-10+. The van der Waals surface area contributed by atoms with Crippen LogP contribution in [0.1, 0.15) is 6.92 Å². The normalized spacial score (nSPS) is 17.0. The summed E-state index contributed by atoms with van der Waals surface area (Å²) in [6.45, 7) is 2.33. The number of carbonyl (C=O) groups is 1. The lowest BCUT2D eigenvalue weighted by molar-refractivity contribution is -0.110. The molecule has 0 heterocycles. The van der Waals surface area contributed by atoms with Gasteiger partial charge in [0.15, 0.2) is 5.78 Å². The molecule has 2 rings (SSSR count). The molecule has 1 aliphatic carbocycles. The summed E-state index contributed by atoms with van der Waals surface area (Å²) >= 11 is 5.66. The number of hydrogen-bond donors (Lipinski definition) is 0. The quantitative estimate of drug-likeness (QED) is 0.797. The number of sulfonamides is 1. The summed E-state index contributed by atoms with van der Waals surface area (Å²) in [6, 6.07) is 5.93. The fourth-order valence-corrected chi connectivity index (χ4v) is 2.76. The Morgan fingerprint density at radius 2 is 1.86 bits per heavy atom. The monoisotopic (exact) mass is 325 g/mol. The van der Waals surface area contributed by atoms with E-state index in [2.05, 4.69) is 4.40 Å². The first-order chi connectivity index (χ1) is 9.92. The average Bonchev–Trinajstić information content (AvgIpc) is 2.44. The zero-order valence-corrected chi connectivity index (χ0v) is 12.7. The fraction of sp³-hybridized carbons (Fsp3) is 0.143. The van der Waals surface area contributed by atoms with E-state index in [-0.39, 0.29) is 21.4 Å². The second kappa shape index (κ2) is 6.24. The van der Waals surface area contributed by atoms with Gasteiger partial charge in [0, 0.05) is 0 Å². The van der Waals surface area contributed by atoms with Crippen molar-refractivity contribution in [3.8, 4) is 5.75 Å². The highest BCUT2D eigenvalue weighted by Crippen LogP contribution is 2.19. The van der Waals surface area contributed by atoms with Crippen LogP contribution < -0.4 is 4.74 Å². The number of benzene rings is 1. The Labute approximate surface area is 127 Å². The van der Waals surface area contributed by atoms with Crippen LogP contribution in [-0.2, 0) is 14.8 Å². The summed E-state index contributed by atoms with van der Waals surface area (Å²) < 4.78 is 33.2. The molecule has 1 aromatic rings. The van der Waals surface area contributed by atoms with Gasteiger partial charge in [0.05, 0.1) is 22.2 Å². The van der Waals surface area contributed by atoms with Crippen molar-refractivity contribution in [1.29, 1.82) is 0 Å². The summed E-state index contributed by atoms with van der Waals surface area (Å²) in [5, 5.41) is -0.0712. The van der Waals surface area contributed by atoms with Crippen molar-refractivity contribution < 1.29 is 17.9 Å². The minimum absolute atomic E-state index is 0.0354. The molecule has 0 aromatic heterocycles. The Kier molecular flexibility index (Phi) is 4.59. The smallest absolute Gasteiger partial charge is 0.282 e. The molecule has 1 aromatic carbocycles. The number of halogens is 1. The van der Waals surface area contributed by atoms with Gasteiger partial charge in [-0.05, 0) is 49.4 Å². The lowest BCUT2D eigenvalue weighted by Gasteiger charge is -2.05. The Morgan fingerprint density at radius 3 is 2.43 bits per heavy atom. The molecule has 0 amide bonds. The van der Waals surface area contributed by atoms with Crippen LogP contribution in [0, 0.1) is 0 Å². The molecule has 1 aliphatic rings. The molecule has 0 saturated heterocycles. The van der Waals surface area contributed by atoms with Crippen LogP contribution in [0.4, 0.5) is 0 Å². The number of ether oxygens (including phenoxy) is 1. The van der Waals surface area contributed by atoms with Gasteiger partial charge in [0.25, 0.3) is 10.0 Å². The zero-order valence-electron chi connectivity index (χ0n) is 11.1. The van der Waals surface area contributed by atoms with Gasteiger partial charge in [0.2, 0.25) is 0 Å².